The Morgan fingerprint density at radius 2 is 2.04 bits per heavy atom. The summed E-state index contributed by atoms with van der Waals surface area (Å²) in [4.78, 5) is 26.0. The van der Waals surface area contributed by atoms with Gasteiger partial charge in [-0.05, 0) is 48.7 Å². The molecule has 0 radical (unpaired) electrons. The number of ether oxygens (including phenoxy) is 1. The second-order valence-corrected chi connectivity index (χ2v) is 8.56. The van der Waals surface area contributed by atoms with Gasteiger partial charge in [0.15, 0.2) is 5.78 Å². The molecule has 1 saturated heterocycles. The molecule has 2 spiro atoms. The molecule has 1 heterocycles. The maximum Gasteiger partial charge on any atom is 0.315 e. The first-order chi connectivity index (χ1) is 11.8. The summed E-state index contributed by atoms with van der Waals surface area (Å²) in [5.41, 5.74) is -0.408. The SMILES string of the molecule is C=C1[C@@H]2CC[C@@H]3[C@](C2)(C(=O)OC[C@]32C(=O)C=C(C(C)C)[C@H]2CO)[C@@H]1O. The minimum Gasteiger partial charge on any atom is -0.464 e. The normalized spacial score (nSPS) is 45.8. The lowest BCUT2D eigenvalue weighted by atomic mass is 9.51. The van der Waals surface area contributed by atoms with Gasteiger partial charge in [0, 0.05) is 5.92 Å². The lowest BCUT2D eigenvalue weighted by molar-refractivity contribution is -0.206. The van der Waals surface area contributed by atoms with E-state index in [0.717, 1.165) is 12.0 Å². The molecule has 3 fully saturated rings. The van der Waals surface area contributed by atoms with E-state index >= 15 is 0 Å². The van der Waals surface area contributed by atoms with Crippen LogP contribution in [0.5, 0.6) is 0 Å². The average molecular weight is 346 g/mol. The summed E-state index contributed by atoms with van der Waals surface area (Å²) in [7, 11) is 0. The Labute approximate surface area is 147 Å². The van der Waals surface area contributed by atoms with Crippen LogP contribution < -0.4 is 0 Å². The van der Waals surface area contributed by atoms with Gasteiger partial charge < -0.3 is 14.9 Å². The molecular formula is C20H26O5. The number of hydrogen-bond acceptors (Lipinski definition) is 5. The second-order valence-electron chi connectivity index (χ2n) is 8.56. The van der Waals surface area contributed by atoms with E-state index in [4.69, 9.17) is 4.74 Å². The van der Waals surface area contributed by atoms with Crippen LogP contribution in [0.15, 0.2) is 23.8 Å². The number of aliphatic hydroxyl groups excluding tert-OH is 2. The van der Waals surface area contributed by atoms with Crippen LogP contribution in [0.4, 0.5) is 0 Å². The van der Waals surface area contributed by atoms with Gasteiger partial charge in [-0.25, -0.2) is 0 Å². The van der Waals surface area contributed by atoms with Crippen molar-refractivity contribution < 1.29 is 24.5 Å². The molecule has 2 saturated carbocycles. The third kappa shape index (κ3) is 1.81. The number of rotatable bonds is 2. The number of ketones is 1. The lowest BCUT2D eigenvalue weighted by Crippen LogP contribution is -2.63. The second kappa shape index (κ2) is 5.27. The monoisotopic (exact) mass is 346 g/mol. The van der Waals surface area contributed by atoms with Crippen molar-refractivity contribution >= 4 is 11.8 Å². The fraction of sp³-hybridized carbons (Fsp3) is 0.700. The molecule has 2 bridgehead atoms. The first kappa shape index (κ1) is 17.0. The Hall–Kier alpha value is -1.46. The molecule has 6 atom stereocenters. The number of hydrogen-bond donors (Lipinski definition) is 2. The largest absolute Gasteiger partial charge is 0.464 e. The van der Waals surface area contributed by atoms with E-state index in [9.17, 15) is 19.8 Å². The number of fused-ring (bicyclic) bond motifs is 2. The summed E-state index contributed by atoms with van der Waals surface area (Å²) in [6.45, 7) is 7.87. The molecule has 5 heteroatoms. The predicted octanol–water partition coefficient (Wildman–Crippen LogP) is 1.64. The Kier molecular flexibility index (Phi) is 3.58. The fourth-order valence-corrected chi connectivity index (χ4v) is 6.20. The van der Waals surface area contributed by atoms with Gasteiger partial charge in [0.05, 0.1) is 18.1 Å². The summed E-state index contributed by atoms with van der Waals surface area (Å²) in [5, 5.41) is 21.0. The van der Waals surface area contributed by atoms with Crippen LogP contribution in [-0.2, 0) is 14.3 Å². The molecule has 1 aliphatic heterocycles. The molecule has 5 nitrogen and oxygen atoms in total. The molecule has 0 aromatic rings. The predicted molar refractivity (Wildman–Crippen MR) is 90.3 cm³/mol. The molecule has 136 valence electrons. The van der Waals surface area contributed by atoms with Crippen molar-refractivity contribution in [2.45, 2.75) is 39.2 Å². The van der Waals surface area contributed by atoms with Crippen molar-refractivity contribution in [2.24, 2.45) is 34.5 Å². The molecular weight excluding hydrogens is 320 g/mol. The molecule has 4 aliphatic rings. The summed E-state index contributed by atoms with van der Waals surface area (Å²) in [5.74, 6) is -0.891. The molecule has 2 N–H and O–H groups in total. The number of carbonyl (C=O) groups is 2. The van der Waals surface area contributed by atoms with Crippen LogP contribution in [0.3, 0.4) is 0 Å². The highest BCUT2D eigenvalue weighted by Gasteiger charge is 2.72. The average Bonchev–Trinajstić information content (AvgIpc) is 2.98. The first-order valence-corrected chi connectivity index (χ1v) is 9.21. The molecule has 25 heavy (non-hydrogen) atoms. The van der Waals surface area contributed by atoms with E-state index in [0.29, 0.717) is 18.4 Å². The van der Waals surface area contributed by atoms with Crippen molar-refractivity contribution in [3.05, 3.63) is 23.8 Å². The van der Waals surface area contributed by atoms with E-state index < -0.39 is 22.9 Å². The van der Waals surface area contributed by atoms with Gasteiger partial charge in [0.2, 0.25) is 0 Å². The van der Waals surface area contributed by atoms with E-state index in [2.05, 4.69) is 6.58 Å². The van der Waals surface area contributed by atoms with Crippen LogP contribution >= 0.6 is 0 Å². The molecule has 0 aromatic heterocycles. The summed E-state index contributed by atoms with van der Waals surface area (Å²) in [6.07, 6.45) is 2.68. The Morgan fingerprint density at radius 1 is 1.32 bits per heavy atom. The first-order valence-electron chi connectivity index (χ1n) is 9.21. The quantitative estimate of drug-likeness (QED) is 0.587. The minimum atomic E-state index is -1.08. The topological polar surface area (TPSA) is 83.8 Å². The standard InChI is InChI=1S/C20H26O5/c1-10(2)13-6-16(22)20(14(13)8-21)9-25-18(24)19-7-12(4-5-15(19)20)11(3)17(19)23/h6,10,12,14-15,17,21,23H,3-5,7-9H2,1-2H3/t12-,14-,15-,17-,19+,20-/m1/s1. The number of cyclic esters (lactones) is 1. The summed E-state index contributed by atoms with van der Waals surface area (Å²) < 4.78 is 5.55. The Bertz CT molecular complexity index is 692. The van der Waals surface area contributed by atoms with Gasteiger partial charge in [0.25, 0.3) is 0 Å². The van der Waals surface area contributed by atoms with E-state index in [1.807, 2.05) is 13.8 Å². The molecule has 0 aromatic carbocycles. The van der Waals surface area contributed by atoms with Gasteiger partial charge >= 0.3 is 5.97 Å². The number of carbonyl (C=O) groups excluding carboxylic acids is 2. The Balaban J connectivity index is 1.86. The molecule has 0 unspecified atom stereocenters. The number of aliphatic hydroxyl groups is 2. The van der Waals surface area contributed by atoms with Crippen molar-refractivity contribution in [1.29, 1.82) is 0 Å². The van der Waals surface area contributed by atoms with Crippen LogP contribution in [0.2, 0.25) is 0 Å². The van der Waals surface area contributed by atoms with Crippen LogP contribution in [0, 0.1) is 34.5 Å². The zero-order chi connectivity index (χ0) is 18.1. The maximum atomic E-state index is 13.2. The third-order valence-corrected chi connectivity index (χ3v) is 7.45. The van der Waals surface area contributed by atoms with Crippen molar-refractivity contribution in [3.8, 4) is 0 Å². The van der Waals surface area contributed by atoms with Gasteiger partial charge in [-0.1, -0.05) is 26.0 Å². The summed E-state index contributed by atoms with van der Waals surface area (Å²) in [6, 6.07) is 0. The Morgan fingerprint density at radius 3 is 2.68 bits per heavy atom. The zero-order valence-corrected chi connectivity index (χ0v) is 14.8. The number of esters is 1. The smallest absolute Gasteiger partial charge is 0.315 e. The van der Waals surface area contributed by atoms with Crippen molar-refractivity contribution in [3.63, 3.8) is 0 Å². The van der Waals surface area contributed by atoms with Gasteiger partial charge in [-0.15, -0.1) is 0 Å². The highest BCUT2D eigenvalue weighted by molar-refractivity contribution is 6.01. The van der Waals surface area contributed by atoms with Crippen LogP contribution in [-0.4, -0.2) is 41.3 Å². The van der Waals surface area contributed by atoms with Crippen molar-refractivity contribution in [2.75, 3.05) is 13.2 Å². The lowest BCUT2D eigenvalue weighted by Gasteiger charge is -2.54. The van der Waals surface area contributed by atoms with Gasteiger partial charge in [-0.3, -0.25) is 9.59 Å². The fourth-order valence-electron chi connectivity index (χ4n) is 6.20. The third-order valence-electron chi connectivity index (χ3n) is 7.45. The van der Waals surface area contributed by atoms with E-state index in [1.54, 1.807) is 6.08 Å². The molecule has 0 amide bonds. The van der Waals surface area contributed by atoms with Crippen LogP contribution in [0.25, 0.3) is 0 Å². The maximum absolute atomic E-state index is 13.2. The highest BCUT2D eigenvalue weighted by atomic mass is 16.5. The van der Waals surface area contributed by atoms with Gasteiger partial charge in [-0.2, -0.15) is 0 Å². The number of allylic oxidation sites excluding steroid dienone is 1. The highest BCUT2D eigenvalue weighted by Crippen LogP contribution is 2.67. The van der Waals surface area contributed by atoms with E-state index in [1.165, 1.54) is 0 Å². The van der Waals surface area contributed by atoms with E-state index in [-0.39, 0.29) is 42.7 Å². The minimum absolute atomic E-state index is 0.00110. The zero-order valence-electron chi connectivity index (χ0n) is 14.8. The van der Waals surface area contributed by atoms with Crippen LogP contribution in [0.1, 0.15) is 33.1 Å². The van der Waals surface area contributed by atoms with Gasteiger partial charge in [0.1, 0.15) is 12.0 Å². The molecule has 3 aliphatic carbocycles. The summed E-state index contributed by atoms with van der Waals surface area (Å²) >= 11 is 0. The van der Waals surface area contributed by atoms with Crippen molar-refractivity contribution in [1.82, 2.24) is 0 Å². The molecule has 4 rings (SSSR count).